The van der Waals surface area contributed by atoms with Gasteiger partial charge in [-0.05, 0) is 54.6 Å². The zero-order valence-electron chi connectivity index (χ0n) is 24.3. The Morgan fingerprint density at radius 2 is 0.644 bits per heavy atom. The van der Waals surface area contributed by atoms with Gasteiger partial charge in [0.25, 0.3) is 0 Å². The average Bonchev–Trinajstić information content (AvgIpc) is 3.82. The molecule has 0 radical (unpaired) electrons. The van der Waals surface area contributed by atoms with Crippen molar-refractivity contribution in [2.45, 2.75) is 0 Å². The number of benzene rings is 7. The summed E-state index contributed by atoms with van der Waals surface area (Å²) in [6.45, 7) is 0. The van der Waals surface area contributed by atoms with Crippen molar-refractivity contribution in [3.63, 3.8) is 0 Å². The second-order valence-corrected chi connectivity index (χ2v) is 12.2. The fraction of sp³-hybridized carbons (Fsp3) is 0. The fourth-order valence-electron chi connectivity index (χ4n) is 8.14. The highest BCUT2D eigenvalue weighted by atomic mass is 15.0. The second kappa shape index (κ2) is 8.31. The highest BCUT2D eigenvalue weighted by Crippen LogP contribution is 2.42. The SMILES string of the molecule is c1ccc2c(c1)c1ccccc1n2-c1ccc2c3ccccc3n(-c3cc4c5ccccc5n5c6ccccc6c(c3)c45)c2c1. The molecule has 0 atom stereocenters. The Labute approximate surface area is 257 Å². The largest absolute Gasteiger partial charge is 0.309 e. The van der Waals surface area contributed by atoms with E-state index >= 15 is 0 Å². The molecule has 0 amide bonds. The third kappa shape index (κ3) is 2.90. The molecule has 0 saturated heterocycles. The lowest BCUT2D eigenvalue weighted by molar-refractivity contribution is 1.16. The van der Waals surface area contributed by atoms with Gasteiger partial charge in [-0.3, -0.25) is 0 Å². The minimum Gasteiger partial charge on any atom is -0.309 e. The number of hydrogen-bond donors (Lipinski definition) is 0. The van der Waals surface area contributed by atoms with Crippen molar-refractivity contribution in [2.75, 3.05) is 0 Å². The molecule has 11 aromatic rings. The molecular weight excluding hydrogens is 546 g/mol. The van der Waals surface area contributed by atoms with E-state index in [-0.39, 0.29) is 0 Å². The summed E-state index contributed by atoms with van der Waals surface area (Å²) in [5, 5.41) is 10.2. The predicted molar refractivity (Wildman–Crippen MR) is 190 cm³/mol. The van der Waals surface area contributed by atoms with Crippen LogP contribution >= 0.6 is 0 Å². The standard InChI is InChI=1S/C42H25N3/c1-6-16-36-28(11-1)29-12-2-7-17-37(29)43(36)26-21-22-33-30-13-3-8-18-38(30)44(41(33)25-26)27-23-34-31-14-4-9-19-39(31)45-40-20-10-5-15-32(40)35(24-27)42(34)45/h1-25H. The van der Waals surface area contributed by atoms with Crippen LogP contribution in [-0.4, -0.2) is 13.5 Å². The topological polar surface area (TPSA) is 14.3 Å². The zero-order valence-corrected chi connectivity index (χ0v) is 24.3. The van der Waals surface area contributed by atoms with Crippen molar-refractivity contribution in [1.82, 2.24) is 13.5 Å². The summed E-state index contributed by atoms with van der Waals surface area (Å²) in [7, 11) is 0. The van der Waals surface area contributed by atoms with Gasteiger partial charge in [-0.2, -0.15) is 0 Å². The molecule has 0 unspecified atom stereocenters. The molecule has 0 aliphatic carbocycles. The third-order valence-corrected chi connectivity index (χ3v) is 9.94. The van der Waals surface area contributed by atoms with Gasteiger partial charge in [0.15, 0.2) is 0 Å². The lowest BCUT2D eigenvalue weighted by atomic mass is 10.1. The van der Waals surface area contributed by atoms with Crippen molar-refractivity contribution < 1.29 is 0 Å². The highest BCUT2D eigenvalue weighted by Gasteiger charge is 2.21. The number of fused-ring (bicyclic) bond motifs is 12. The van der Waals surface area contributed by atoms with E-state index in [4.69, 9.17) is 0 Å². The molecule has 3 nitrogen and oxygen atoms in total. The first-order chi connectivity index (χ1) is 22.3. The van der Waals surface area contributed by atoms with Crippen LogP contribution in [0.4, 0.5) is 0 Å². The van der Waals surface area contributed by atoms with E-state index in [0.717, 1.165) is 5.69 Å². The van der Waals surface area contributed by atoms with E-state index in [1.807, 2.05) is 0 Å². The molecule has 0 spiro atoms. The van der Waals surface area contributed by atoms with Crippen LogP contribution in [0.1, 0.15) is 0 Å². The molecule has 4 heterocycles. The maximum absolute atomic E-state index is 2.48. The second-order valence-electron chi connectivity index (χ2n) is 12.2. The summed E-state index contributed by atoms with van der Waals surface area (Å²) in [5.41, 5.74) is 11.0. The van der Waals surface area contributed by atoms with E-state index in [9.17, 15) is 0 Å². The van der Waals surface area contributed by atoms with Gasteiger partial charge in [-0.15, -0.1) is 0 Å². The van der Waals surface area contributed by atoms with Crippen molar-refractivity contribution >= 4 is 81.7 Å². The maximum atomic E-state index is 2.48. The Morgan fingerprint density at radius 1 is 0.267 bits per heavy atom. The van der Waals surface area contributed by atoms with E-state index < -0.39 is 0 Å². The van der Waals surface area contributed by atoms with Crippen molar-refractivity contribution in [3.05, 3.63) is 152 Å². The molecular formula is C42H25N3. The minimum absolute atomic E-state index is 1.16. The summed E-state index contributed by atoms with van der Waals surface area (Å²) in [6.07, 6.45) is 0. The fourth-order valence-corrected chi connectivity index (χ4v) is 8.14. The Morgan fingerprint density at radius 3 is 1.13 bits per heavy atom. The first kappa shape index (κ1) is 23.4. The van der Waals surface area contributed by atoms with Crippen LogP contribution < -0.4 is 0 Å². The zero-order chi connectivity index (χ0) is 29.2. The van der Waals surface area contributed by atoms with Gasteiger partial charge in [-0.25, -0.2) is 0 Å². The van der Waals surface area contributed by atoms with Gasteiger partial charge < -0.3 is 13.5 Å². The van der Waals surface area contributed by atoms with Crippen LogP contribution in [-0.2, 0) is 0 Å². The Balaban J connectivity index is 1.29. The summed E-state index contributed by atoms with van der Waals surface area (Å²) < 4.78 is 7.34. The van der Waals surface area contributed by atoms with E-state index in [2.05, 4.69) is 165 Å². The van der Waals surface area contributed by atoms with Crippen LogP contribution in [0.2, 0.25) is 0 Å². The summed E-state index contributed by atoms with van der Waals surface area (Å²) in [4.78, 5) is 0. The van der Waals surface area contributed by atoms with Gasteiger partial charge in [0.1, 0.15) is 0 Å². The summed E-state index contributed by atoms with van der Waals surface area (Å²) >= 11 is 0. The maximum Gasteiger partial charge on any atom is 0.0622 e. The number of hydrogen-bond acceptors (Lipinski definition) is 0. The Hall–Kier alpha value is -6.06. The normalized spacial score (nSPS) is 12.4. The van der Waals surface area contributed by atoms with Crippen LogP contribution in [0.15, 0.2) is 152 Å². The molecule has 11 rings (SSSR count). The van der Waals surface area contributed by atoms with Crippen molar-refractivity contribution in [3.8, 4) is 11.4 Å². The third-order valence-electron chi connectivity index (χ3n) is 9.94. The Bertz CT molecular complexity index is 2850. The molecule has 0 bridgehead atoms. The van der Waals surface area contributed by atoms with E-state index in [1.54, 1.807) is 0 Å². The molecule has 45 heavy (non-hydrogen) atoms. The van der Waals surface area contributed by atoms with Gasteiger partial charge >= 0.3 is 0 Å². The smallest absolute Gasteiger partial charge is 0.0622 e. The minimum atomic E-state index is 1.16. The Kier molecular flexibility index (Phi) is 4.32. The molecule has 0 N–H and O–H groups in total. The molecule has 7 aromatic carbocycles. The number of para-hydroxylation sites is 5. The monoisotopic (exact) mass is 571 g/mol. The van der Waals surface area contributed by atoms with Gasteiger partial charge in [0.2, 0.25) is 0 Å². The molecule has 0 fully saturated rings. The van der Waals surface area contributed by atoms with Gasteiger partial charge in [0.05, 0.1) is 38.6 Å². The average molecular weight is 572 g/mol. The van der Waals surface area contributed by atoms with Gasteiger partial charge in [0, 0.05) is 54.5 Å². The summed E-state index contributed by atoms with van der Waals surface area (Å²) in [5.74, 6) is 0. The lowest BCUT2D eigenvalue weighted by Gasteiger charge is -2.12. The number of rotatable bonds is 2. The molecule has 0 saturated carbocycles. The van der Waals surface area contributed by atoms with Crippen LogP contribution in [0.5, 0.6) is 0 Å². The van der Waals surface area contributed by atoms with E-state index in [0.29, 0.717) is 0 Å². The van der Waals surface area contributed by atoms with E-state index in [1.165, 1.54) is 87.4 Å². The van der Waals surface area contributed by atoms with Crippen LogP contribution in [0, 0.1) is 0 Å². The first-order valence-corrected chi connectivity index (χ1v) is 15.5. The lowest BCUT2D eigenvalue weighted by Crippen LogP contribution is -1.97. The molecule has 3 heteroatoms. The molecule has 0 aliphatic rings. The van der Waals surface area contributed by atoms with Gasteiger partial charge in [-0.1, -0.05) is 97.1 Å². The summed E-state index contributed by atoms with van der Waals surface area (Å²) in [6, 6.07) is 55.7. The van der Waals surface area contributed by atoms with Crippen LogP contribution in [0.3, 0.4) is 0 Å². The predicted octanol–water partition coefficient (Wildman–Crippen LogP) is 11.0. The number of nitrogens with zero attached hydrogens (tertiary/aromatic N) is 3. The molecule has 4 aromatic heterocycles. The number of aromatic nitrogens is 3. The van der Waals surface area contributed by atoms with Crippen molar-refractivity contribution in [1.29, 1.82) is 0 Å². The highest BCUT2D eigenvalue weighted by molar-refractivity contribution is 6.24. The first-order valence-electron chi connectivity index (χ1n) is 15.5. The quantitative estimate of drug-likeness (QED) is 0.196. The van der Waals surface area contributed by atoms with Crippen molar-refractivity contribution in [2.24, 2.45) is 0 Å². The van der Waals surface area contributed by atoms with Crippen LogP contribution in [0.25, 0.3) is 93.1 Å². The molecule has 0 aliphatic heterocycles. The molecule has 208 valence electrons.